The monoisotopic (exact) mass is 497 g/mol. The molecule has 3 aromatic carbocycles. The van der Waals surface area contributed by atoms with Crippen molar-refractivity contribution in [2.45, 2.75) is 31.2 Å². The first-order chi connectivity index (χ1) is 16.3. The molecule has 0 radical (unpaired) electrons. The Bertz CT molecular complexity index is 1250. The molecule has 0 aromatic heterocycles. The van der Waals surface area contributed by atoms with E-state index >= 15 is 0 Å². The first kappa shape index (κ1) is 24.3. The summed E-state index contributed by atoms with van der Waals surface area (Å²) in [6.07, 6.45) is 1.59. The van der Waals surface area contributed by atoms with E-state index in [1.807, 2.05) is 0 Å². The molecule has 0 aliphatic carbocycles. The number of nitrogens with one attached hydrogen (secondary N) is 2. The minimum absolute atomic E-state index is 0.0278. The highest BCUT2D eigenvalue weighted by atomic mass is 35.5. The molecule has 8 heteroatoms. The standard InChI is InChI=1S/C26H28ClN3O3S/c1-19-5-4-6-20(17-19)18-30-15-13-21(14-16-30)26(31)28-22-9-11-23(12-10-22)34(32,33)29-25-8-3-2-7-24(25)27/h2-12,17,21,29H,13-16,18H2,1H3,(H,28,31). The van der Waals surface area contributed by atoms with E-state index in [1.165, 1.54) is 23.3 Å². The molecule has 34 heavy (non-hydrogen) atoms. The Hall–Kier alpha value is -2.87. The van der Waals surface area contributed by atoms with Crippen LogP contribution in [0.15, 0.2) is 77.7 Å². The molecule has 1 fully saturated rings. The molecular formula is C26H28ClN3O3S. The Morgan fingerprint density at radius 3 is 2.38 bits per heavy atom. The molecular weight excluding hydrogens is 470 g/mol. The number of nitrogens with zero attached hydrogens (tertiary/aromatic N) is 1. The van der Waals surface area contributed by atoms with Gasteiger partial charge < -0.3 is 5.32 Å². The highest BCUT2D eigenvalue weighted by molar-refractivity contribution is 7.92. The number of amides is 1. The molecule has 4 rings (SSSR count). The first-order valence-electron chi connectivity index (χ1n) is 11.3. The summed E-state index contributed by atoms with van der Waals surface area (Å²) in [5, 5.41) is 3.25. The minimum Gasteiger partial charge on any atom is -0.326 e. The lowest BCUT2D eigenvalue weighted by Crippen LogP contribution is -2.37. The van der Waals surface area contributed by atoms with E-state index in [0.717, 1.165) is 32.5 Å². The number of carbonyl (C=O) groups is 1. The molecule has 0 bridgehead atoms. The van der Waals surface area contributed by atoms with E-state index in [9.17, 15) is 13.2 Å². The van der Waals surface area contributed by atoms with Gasteiger partial charge in [0, 0.05) is 18.2 Å². The van der Waals surface area contributed by atoms with Crippen LogP contribution >= 0.6 is 11.6 Å². The number of hydrogen-bond acceptors (Lipinski definition) is 4. The fourth-order valence-corrected chi connectivity index (χ4v) is 5.45. The van der Waals surface area contributed by atoms with Crippen molar-refractivity contribution in [1.29, 1.82) is 0 Å². The maximum Gasteiger partial charge on any atom is 0.261 e. The van der Waals surface area contributed by atoms with Crippen LogP contribution in [0.1, 0.15) is 24.0 Å². The van der Waals surface area contributed by atoms with Gasteiger partial charge in [0.1, 0.15) is 0 Å². The zero-order valence-corrected chi connectivity index (χ0v) is 20.6. The Kier molecular flexibility index (Phi) is 7.56. The lowest BCUT2D eigenvalue weighted by molar-refractivity contribution is -0.121. The average Bonchev–Trinajstić information content (AvgIpc) is 2.81. The molecule has 1 aliphatic heterocycles. The van der Waals surface area contributed by atoms with Gasteiger partial charge in [0.2, 0.25) is 5.91 Å². The summed E-state index contributed by atoms with van der Waals surface area (Å²) in [6, 6.07) is 21.3. The third kappa shape index (κ3) is 6.17. The fourth-order valence-electron chi connectivity index (χ4n) is 4.13. The van der Waals surface area contributed by atoms with E-state index in [4.69, 9.17) is 11.6 Å². The summed E-state index contributed by atoms with van der Waals surface area (Å²) >= 11 is 6.05. The van der Waals surface area contributed by atoms with Crippen molar-refractivity contribution in [2.24, 2.45) is 5.92 Å². The van der Waals surface area contributed by atoms with E-state index in [0.29, 0.717) is 16.4 Å². The Morgan fingerprint density at radius 1 is 1.00 bits per heavy atom. The number of rotatable bonds is 7. The van der Waals surface area contributed by atoms with Crippen molar-refractivity contribution >= 4 is 38.9 Å². The number of sulfonamides is 1. The van der Waals surface area contributed by atoms with Gasteiger partial charge in [-0.05, 0) is 74.8 Å². The average molecular weight is 498 g/mol. The van der Waals surface area contributed by atoms with Crippen LogP contribution in [0.5, 0.6) is 0 Å². The molecule has 1 heterocycles. The van der Waals surface area contributed by atoms with Crippen molar-refractivity contribution in [1.82, 2.24) is 4.90 Å². The molecule has 1 aliphatic rings. The predicted octanol–water partition coefficient (Wildman–Crippen LogP) is 5.30. The van der Waals surface area contributed by atoms with Gasteiger partial charge in [0.05, 0.1) is 15.6 Å². The second-order valence-corrected chi connectivity index (χ2v) is 10.7. The molecule has 2 N–H and O–H groups in total. The second kappa shape index (κ2) is 10.6. The largest absolute Gasteiger partial charge is 0.326 e. The van der Waals surface area contributed by atoms with Gasteiger partial charge in [0.15, 0.2) is 0 Å². The predicted molar refractivity (Wildman–Crippen MR) is 137 cm³/mol. The van der Waals surface area contributed by atoms with Crippen molar-refractivity contribution in [3.05, 3.63) is 88.9 Å². The Balaban J connectivity index is 1.30. The minimum atomic E-state index is -3.79. The van der Waals surface area contributed by atoms with Crippen LogP contribution in [0.25, 0.3) is 0 Å². The highest BCUT2D eigenvalue weighted by Crippen LogP contribution is 2.25. The first-order valence-corrected chi connectivity index (χ1v) is 13.1. The summed E-state index contributed by atoms with van der Waals surface area (Å²) in [5.74, 6) is -0.0842. The van der Waals surface area contributed by atoms with E-state index in [2.05, 4.69) is 46.1 Å². The van der Waals surface area contributed by atoms with E-state index in [-0.39, 0.29) is 16.7 Å². The number of carbonyl (C=O) groups excluding carboxylic acids is 1. The van der Waals surface area contributed by atoms with Crippen LogP contribution in [-0.2, 0) is 21.4 Å². The maximum atomic E-state index is 12.8. The number of piperidine rings is 1. The van der Waals surface area contributed by atoms with Crippen molar-refractivity contribution < 1.29 is 13.2 Å². The molecule has 0 spiro atoms. The topological polar surface area (TPSA) is 78.5 Å². The van der Waals surface area contributed by atoms with Gasteiger partial charge >= 0.3 is 0 Å². The molecule has 1 amide bonds. The number of para-hydroxylation sites is 1. The fraction of sp³-hybridized carbons (Fsp3) is 0.269. The lowest BCUT2D eigenvalue weighted by atomic mass is 9.95. The van der Waals surface area contributed by atoms with Gasteiger partial charge in [-0.2, -0.15) is 0 Å². The van der Waals surface area contributed by atoms with Gasteiger partial charge in [-0.15, -0.1) is 0 Å². The van der Waals surface area contributed by atoms with Crippen molar-refractivity contribution in [2.75, 3.05) is 23.1 Å². The van der Waals surface area contributed by atoms with Crippen molar-refractivity contribution in [3.63, 3.8) is 0 Å². The van der Waals surface area contributed by atoms with Crippen molar-refractivity contribution in [3.8, 4) is 0 Å². The van der Waals surface area contributed by atoms with Crippen LogP contribution in [0.4, 0.5) is 11.4 Å². The normalized spacial score (nSPS) is 15.1. The van der Waals surface area contributed by atoms with Gasteiger partial charge in [-0.3, -0.25) is 14.4 Å². The number of halogens is 1. The quantitative estimate of drug-likeness (QED) is 0.464. The van der Waals surface area contributed by atoms with Gasteiger partial charge in [-0.25, -0.2) is 8.42 Å². The summed E-state index contributed by atoms with van der Waals surface area (Å²) in [5.41, 5.74) is 3.44. The van der Waals surface area contributed by atoms with E-state index in [1.54, 1.807) is 36.4 Å². The Labute approximate surface area is 206 Å². The van der Waals surface area contributed by atoms with E-state index < -0.39 is 10.0 Å². The molecule has 0 saturated carbocycles. The summed E-state index contributed by atoms with van der Waals surface area (Å²) in [4.78, 5) is 15.2. The number of aryl methyl sites for hydroxylation is 1. The number of hydrogen-bond donors (Lipinski definition) is 2. The van der Waals surface area contributed by atoms with Crippen LogP contribution in [-0.4, -0.2) is 32.3 Å². The lowest BCUT2D eigenvalue weighted by Gasteiger charge is -2.31. The van der Waals surface area contributed by atoms with Crippen LogP contribution < -0.4 is 10.0 Å². The molecule has 0 unspecified atom stereocenters. The number of benzene rings is 3. The van der Waals surface area contributed by atoms with Gasteiger partial charge in [0.25, 0.3) is 10.0 Å². The van der Waals surface area contributed by atoms with Crippen LogP contribution in [0.3, 0.4) is 0 Å². The second-order valence-electron chi connectivity index (χ2n) is 8.64. The molecule has 3 aromatic rings. The molecule has 1 saturated heterocycles. The zero-order chi connectivity index (χ0) is 24.1. The molecule has 178 valence electrons. The smallest absolute Gasteiger partial charge is 0.261 e. The summed E-state index contributed by atoms with van der Waals surface area (Å²) in [6.45, 7) is 4.74. The number of likely N-dealkylation sites (tertiary alicyclic amines) is 1. The molecule has 0 atom stereocenters. The summed E-state index contributed by atoms with van der Waals surface area (Å²) in [7, 11) is -3.79. The van der Waals surface area contributed by atoms with Crippen LogP contribution in [0, 0.1) is 12.8 Å². The van der Waals surface area contributed by atoms with Gasteiger partial charge in [-0.1, -0.05) is 53.6 Å². The Morgan fingerprint density at radius 2 is 1.71 bits per heavy atom. The third-order valence-corrected chi connectivity index (χ3v) is 7.71. The maximum absolute atomic E-state index is 12.8. The highest BCUT2D eigenvalue weighted by Gasteiger charge is 2.25. The number of anilines is 2. The molecule has 6 nitrogen and oxygen atoms in total. The van der Waals surface area contributed by atoms with Crippen LogP contribution in [0.2, 0.25) is 5.02 Å². The summed E-state index contributed by atoms with van der Waals surface area (Å²) < 4.78 is 27.8. The SMILES string of the molecule is Cc1cccc(CN2CCC(C(=O)Nc3ccc(S(=O)(=O)Nc4ccccc4Cl)cc3)CC2)c1. The zero-order valence-electron chi connectivity index (χ0n) is 19.0. The third-order valence-electron chi connectivity index (χ3n) is 6.00.